The summed E-state index contributed by atoms with van der Waals surface area (Å²) in [6, 6.07) is 0. The summed E-state index contributed by atoms with van der Waals surface area (Å²) in [5, 5.41) is 10.8. The van der Waals surface area contributed by atoms with Gasteiger partial charge in [0.25, 0.3) is 0 Å². The summed E-state index contributed by atoms with van der Waals surface area (Å²) in [6.07, 6.45) is 0. The average Bonchev–Trinajstić information content (AvgIpc) is 1.97. The molecule has 0 saturated carbocycles. The lowest BCUT2D eigenvalue weighted by atomic mass is 9.69. The van der Waals surface area contributed by atoms with Crippen molar-refractivity contribution >= 4 is 11.9 Å². The van der Waals surface area contributed by atoms with Crippen molar-refractivity contribution in [3.63, 3.8) is 0 Å². The summed E-state index contributed by atoms with van der Waals surface area (Å²) in [5.74, 6) is -2.38. The summed E-state index contributed by atoms with van der Waals surface area (Å²) in [7, 11) is 0. The first kappa shape index (κ1) is 12.9. The van der Waals surface area contributed by atoms with E-state index in [0.717, 1.165) is 0 Å². The lowest BCUT2D eigenvalue weighted by Crippen LogP contribution is -2.43. The van der Waals surface area contributed by atoms with Crippen molar-refractivity contribution in [1.29, 1.82) is 0 Å². The Hall–Kier alpha value is -1.06. The van der Waals surface area contributed by atoms with E-state index in [1.54, 1.807) is 0 Å². The largest absolute Gasteiger partial charge is 0.474 e. The number of nitrogens with one attached hydrogen (secondary N) is 1. The Kier molecular flexibility index (Phi) is 3.68. The second-order valence-corrected chi connectivity index (χ2v) is 5.12. The van der Waals surface area contributed by atoms with E-state index in [1.165, 1.54) is 0 Å². The van der Waals surface area contributed by atoms with Crippen LogP contribution < -0.4 is 5.32 Å². The van der Waals surface area contributed by atoms with Crippen molar-refractivity contribution in [2.45, 2.75) is 34.6 Å². The van der Waals surface area contributed by atoms with E-state index in [4.69, 9.17) is 5.11 Å². The van der Waals surface area contributed by atoms with E-state index in [0.29, 0.717) is 6.54 Å². The quantitative estimate of drug-likeness (QED) is 0.661. The smallest absolute Gasteiger partial charge is 0.394 e. The molecule has 0 rings (SSSR count). The van der Waals surface area contributed by atoms with Crippen molar-refractivity contribution in [3.05, 3.63) is 0 Å². The highest BCUT2D eigenvalue weighted by molar-refractivity contribution is 6.31. The van der Waals surface area contributed by atoms with Gasteiger partial charge in [0.05, 0.1) is 0 Å². The fraction of sp³-hybridized carbons (Fsp3) is 0.800. The number of carbonyl (C=O) groups excluding carboxylic acids is 1. The first-order valence-corrected chi connectivity index (χ1v) is 4.59. The van der Waals surface area contributed by atoms with Crippen LogP contribution in [0, 0.1) is 10.8 Å². The van der Waals surface area contributed by atoms with Crippen LogP contribution in [-0.2, 0) is 9.59 Å². The van der Waals surface area contributed by atoms with E-state index in [2.05, 4.69) is 26.1 Å². The van der Waals surface area contributed by atoms with Gasteiger partial charge in [-0.15, -0.1) is 0 Å². The van der Waals surface area contributed by atoms with Gasteiger partial charge < -0.3 is 10.4 Å². The summed E-state index contributed by atoms with van der Waals surface area (Å²) in [6.45, 7) is 10.5. The maximum absolute atomic E-state index is 10.8. The Morgan fingerprint density at radius 2 is 1.57 bits per heavy atom. The number of carboxylic acids is 1. The molecule has 0 fully saturated rings. The number of carbonyl (C=O) groups is 2. The van der Waals surface area contributed by atoms with Crippen molar-refractivity contribution in [2.75, 3.05) is 6.54 Å². The van der Waals surface area contributed by atoms with Gasteiger partial charge in [-0.2, -0.15) is 0 Å². The molecule has 0 radical (unpaired) electrons. The van der Waals surface area contributed by atoms with Gasteiger partial charge in [-0.05, 0) is 10.8 Å². The fourth-order valence-corrected chi connectivity index (χ4v) is 0.642. The minimum Gasteiger partial charge on any atom is -0.474 e. The van der Waals surface area contributed by atoms with E-state index in [9.17, 15) is 9.59 Å². The maximum Gasteiger partial charge on any atom is 0.394 e. The van der Waals surface area contributed by atoms with Crippen LogP contribution in [-0.4, -0.2) is 23.5 Å². The van der Waals surface area contributed by atoms with Gasteiger partial charge >= 0.3 is 11.9 Å². The molecule has 0 atom stereocenters. The molecule has 0 aromatic carbocycles. The zero-order chi connectivity index (χ0) is 11.6. The van der Waals surface area contributed by atoms with Crippen LogP contribution in [0.5, 0.6) is 0 Å². The van der Waals surface area contributed by atoms with Crippen molar-refractivity contribution in [1.82, 2.24) is 5.32 Å². The van der Waals surface area contributed by atoms with E-state index >= 15 is 0 Å². The monoisotopic (exact) mass is 201 g/mol. The van der Waals surface area contributed by atoms with Crippen LogP contribution in [0.25, 0.3) is 0 Å². The summed E-state index contributed by atoms with van der Waals surface area (Å²) in [4.78, 5) is 21.1. The lowest BCUT2D eigenvalue weighted by Gasteiger charge is -2.38. The third kappa shape index (κ3) is 3.36. The molecule has 4 heteroatoms. The summed E-state index contributed by atoms with van der Waals surface area (Å²) < 4.78 is 0. The molecule has 0 aliphatic rings. The Morgan fingerprint density at radius 1 is 1.14 bits per heavy atom. The van der Waals surface area contributed by atoms with Gasteiger partial charge in [-0.25, -0.2) is 4.79 Å². The number of carboxylic acid groups (broad SMARTS) is 1. The van der Waals surface area contributed by atoms with Crippen molar-refractivity contribution in [2.24, 2.45) is 10.8 Å². The highest BCUT2D eigenvalue weighted by Crippen LogP contribution is 2.36. The fourth-order valence-electron chi connectivity index (χ4n) is 0.642. The molecule has 0 spiro atoms. The molecule has 0 bridgehead atoms. The second-order valence-electron chi connectivity index (χ2n) is 5.12. The molecule has 0 heterocycles. The number of hydrogen-bond donors (Lipinski definition) is 2. The van der Waals surface area contributed by atoms with Crippen LogP contribution >= 0.6 is 0 Å². The van der Waals surface area contributed by atoms with E-state index < -0.39 is 11.9 Å². The van der Waals surface area contributed by atoms with Crippen molar-refractivity contribution < 1.29 is 14.7 Å². The maximum atomic E-state index is 10.8. The predicted octanol–water partition coefficient (Wildman–Crippen LogP) is 1.26. The molecule has 4 nitrogen and oxygen atoms in total. The Balaban J connectivity index is 4.27. The summed E-state index contributed by atoms with van der Waals surface area (Å²) in [5.41, 5.74) is -0.128. The molecule has 0 aromatic heterocycles. The first-order chi connectivity index (χ1) is 6.08. The topological polar surface area (TPSA) is 66.4 Å². The van der Waals surface area contributed by atoms with Crippen LogP contribution in [0.3, 0.4) is 0 Å². The Labute approximate surface area is 84.7 Å². The third-order valence-corrected chi connectivity index (χ3v) is 2.92. The van der Waals surface area contributed by atoms with Crippen LogP contribution in [0.1, 0.15) is 34.6 Å². The molecule has 0 aromatic rings. The van der Waals surface area contributed by atoms with Crippen LogP contribution in [0.2, 0.25) is 0 Å². The summed E-state index contributed by atoms with van der Waals surface area (Å²) >= 11 is 0. The second kappa shape index (κ2) is 3.98. The van der Waals surface area contributed by atoms with Gasteiger partial charge in [0.1, 0.15) is 0 Å². The van der Waals surface area contributed by atoms with Gasteiger partial charge in [0.15, 0.2) is 0 Å². The average molecular weight is 201 g/mol. The molecule has 0 saturated heterocycles. The molecular weight excluding hydrogens is 182 g/mol. The van der Waals surface area contributed by atoms with Gasteiger partial charge in [-0.3, -0.25) is 4.79 Å². The number of amides is 1. The van der Waals surface area contributed by atoms with Gasteiger partial charge in [0.2, 0.25) is 0 Å². The standard InChI is InChI=1S/C10H19NO3/c1-9(2,3)10(4,5)6-11-7(12)8(13)14/h6H2,1-5H3,(H,11,12)(H,13,14). The molecule has 14 heavy (non-hydrogen) atoms. The number of aliphatic carboxylic acids is 1. The molecule has 2 N–H and O–H groups in total. The molecule has 1 amide bonds. The van der Waals surface area contributed by atoms with Gasteiger partial charge in [-0.1, -0.05) is 34.6 Å². The van der Waals surface area contributed by atoms with Gasteiger partial charge in [0, 0.05) is 6.54 Å². The zero-order valence-corrected chi connectivity index (χ0v) is 9.47. The zero-order valence-electron chi connectivity index (χ0n) is 9.47. The minimum absolute atomic E-state index is 0.0127. The number of hydrogen-bond acceptors (Lipinski definition) is 2. The van der Waals surface area contributed by atoms with Crippen molar-refractivity contribution in [3.8, 4) is 0 Å². The third-order valence-electron chi connectivity index (χ3n) is 2.92. The predicted molar refractivity (Wildman–Crippen MR) is 53.9 cm³/mol. The molecule has 0 aliphatic carbocycles. The highest BCUT2D eigenvalue weighted by atomic mass is 16.4. The van der Waals surface area contributed by atoms with Crippen LogP contribution in [0.15, 0.2) is 0 Å². The SMILES string of the molecule is CC(C)(C)C(C)(C)CNC(=O)C(=O)O. The van der Waals surface area contributed by atoms with E-state index in [1.807, 2.05) is 13.8 Å². The minimum atomic E-state index is -1.44. The van der Waals surface area contributed by atoms with Crippen LogP contribution in [0.4, 0.5) is 0 Å². The number of rotatable bonds is 2. The Morgan fingerprint density at radius 3 is 1.86 bits per heavy atom. The molecule has 0 unspecified atom stereocenters. The molecule has 82 valence electrons. The Bertz CT molecular complexity index is 238. The molecular formula is C10H19NO3. The lowest BCUT2D eigenvalue weighted by molar-refractivity contribution is -0.150. The first-order valence-electron chi connectivity index (χ1n) is 4.59. The van der Waals surface area contributed by atoms with E-state index in [-0.39, 0.29) is 10.8 Å². The highest BCUT2D eigenvalue weighted by Gasteiger charge is 2.33. The molecule has 0 aliphatic heterocycles. The normalized spacial score (nSPS) is 12.4.